The smallest absolute Gasteiger partial charge is 0.326 e. The van der Waals surface area contributed by atoms with Crippen molar-refractivity contribution in [1.29, 1.82) is 0 Å². The number of ether oxygens (including phenoxy) is 2. The zero-order chi connectivity index (χ0) is 76.9. The number of esters is 1. The number of likely N-dealkylation sites (N-methyl/N-ethyl adjacent to an activating group) is 1. The Kier molecular flexibility index (Phi) is 19.3. The summed E-state index contributed by atoms with van der Waals surface area (Å²) in [5, 5.41) is 60.3. The Morgan fingerprint density at radius 3 is 2.34 bits per heavy atom. The summed E-state index contributed by atoms with van der Waals surface area (Å²) in [5.74, 6) is -5.42. The number of para-hydroxylation sites is 1. The van der Waals surface area contributed by atoms with Crippen LogP contribution in [0.4, 0.5) is 27.8 Å². The van der Waals surface area contributed by atoms with Crippen LogP contribution >= 0.6 is 0 Å². The van der Waals surface area contributed by atoms with Crippen LogP contribution < -0.4 is 53.1 Å². The SMILES string of the molecule is CC[C@]1(NC(=O)Nc2ccc([Si](C)(C)O[Si]3(C)CC(C(=O)O)N(C(=O)CC[C@H](NC(=O)c4ccc(NCc5cnc6nc(N)[nH]c(=O)c6n5)cc4)C(=O)O)C3)cc2)CC2CN(CCc3c([nH]c4ccccc34)[C@@](C(=O)OC)(c3cc4c(cc3OC)N(C)[C@H]3[C@@](O)(C(N)=O)[C@H](O)[C@]5(CC)C=CCN6CC[C@]43[C@H]65)C2)C1. The van der Waals surface area contributed by atoms with Crippen LogP contribution in [0.1, 0.15) is 97.2 Å². The molecule has 30 nitrogen and oxygen atoms in total. The molecule has 108 heavy (non-hydrogen) atoms. The summed E-state index contributed by atoms with van der Waals surface area (Å²) in [4.78, 5) is 136. The van der Waals surface area contributed by atoms with Crippen LogP contribution in [0.2, 0.25) is 25.7 Å². The van der Waals surface area contributed by atoms with Crippen LogP contribution in [0.25, 0.3) is 22.1 Å². The Morgan fingerprint density at radius 1 is 0.907 bits per heavy atom. The number of hydrogen-bond acceptors (Lipinski definition) is 21. The highest BCUT2D eigenvalue weighted by Gasteiger charge is 2.78. The summed E-state index contributed by atoms with van der Waals surface area (Å²) in [6, 6.07) is 21.0. The van der Waals surface area contributed by atoms with Gasteiger partial charge in [-0.15, -0.1) is 0 Å². The van der Waals surface area contributed by atoms with Crippen molar-refractivity contribution in [2.24, 2.45) is 17.1 Å². The van der Waals surface area contributed by atoms with Crippen molar-refractivity contribution in [2.75, 3.05) is 81.4 Å². The highest BCUT2D eigenvalue weighted by molar-refractivity contribution is 6.93. The molecule has 7 aliphatic rings. The number of rotatable bonds is 21. The minimum Gasteiger partial charge on any atom is -0.496 e. The standard InChI is InChI=1S/C76H93N15O15Si2/c1-9-72(87-71(102)82-45-20-22-47(23-21-45)107(6,7)106-108(8)39-55(64(97)98)91(41-108)57(92)25-24-53(63(95)96)84-61(93)43-16-18-44(19-17-43)79-36-46-37-80-60-58(81-46)62(94)86-70(78)85-60)34-42-35-75(69(101)105-5,59-49(26-30-89(38-42)40-72)48-14-11-12-15-52(48)83-59)51-32-50-54(33-56(51)104-4)88(3)66-74(50)28-31-90-29-13-27-73(10-2,65(74)90)67(99)76(66,103)68(77)100/h11-23,27,32-33,37,42,53,55,65-67,79,83,99,103H,9-10,24-26,28-31,34-36,38-41H2,1-8H3,(H2,77,100)(H,84,93)(H,95,96)(H,97,98)(H2,82,87,102)(H3,78,80,85,86,94)/t42?,53-,55?,65+,66+,67+,72-,73+,74+,75-,76-,108?/m0/s1. The number of nitrogens with one attached hydrogen (secondary N) is 6. The van der Waals surface area contributed by atoms with Crippen molar-refractivity contribution in [1.82, 2.24) is 50.3 Å². The number of carbonyl (C=O) groups is 7. The largest absolute Gasteiger partial charge is 0.496 e. The molecule has 14 rings (SSSR count). The van der Waals surface area contributed by atoms with Crippen molar-refractivity contribution in [3.63, 3.8) is 0 Å². The Balaban J connectivity index is 0.662. The molecule has 3 saturated heterocycles. The minimum absolute atomic E-state index is 0.0151. The number of anilines is 4. The second-order valence-corrected chi connectivity index (χ2v) is 39.2. The number of aliphatic carboxylic acids is 2. The van der Waals surface area contributed by atoms with Gasteiger partial charge in [-0.1, -0.05) is 56.3 Å². The number of amides is 5. The van der Waals surface area contributed by atoms with Gasteiger partial charge in [-0.3, -0.25) is 33.9 Å². The highest BCUT2D eigenvalue weighted by atomic mass is 28.4. The number of hydrogen-bond donors (Lipinski definition) is 12. The Morgan fingerprint density at radius 2 is 1.65 bits per heavy atom. The van der Waals surface area contributed by atoms with Crippen molar-refractivity contribution in [3.8, 4) is 5.75 Å². The molecule has 14 N–H and O–H groups in total. The number of methoxy groups -OCH3 is 2. The molecule has 5 amide bonds. The number of H-pyrrole nitrogens is 2. The number of aliphatic hydroxyl groups is 2. The number of carboxylic acid groups (broad SMARTS) is 2. The number of fused-ring (bicyclic) bond motifs is 7. The van der Waals surface area contributed by atoms with Crippen molar-refractivity contribution < 1.29 is 67.6 Å². The van der Waals surface area contributed by atoms with E-state index in [1.54, 1.807) is 31.4 Å². The molecule has 6 aliphatic heterocycles. The van der Waals surface area contributed by atoms with Gasteiger partial charge in [0.05, 0.1) is 44.2 Å². The first-order chi connectivity index (χ1) is 51.4. The van der Waals surface area contributed by atoms with E-state index in [0.717, 1.165) is 27.2 Å². The molecule has 7 aromatic rings. The summed E-state index contributed by atoms with van der Waals surface area (Å²) in [7, 11) is -1.15. The maximum atomic E-state index is 15.9. The number of nitrogens with zero attached hydrogens (tertiary/aromatic N) is 7. The summed E-state index contributed by atoms with van der Waals surface area (Å²) in [5.41, 5.74) is 10.7. The van der Waals surface area contributed by atoms with Gasteiger partial charge in [-0.25, -0.2) is 24.4 Å². The van der Waals surface area contributed by atoms with E-state index < -0.39 is 115 Å². The monoisotopic (exact) mass is 1510 g/mol. The number of benzene rings is 4. The lowest BCUT2D eigenvalue weighted by atomic mass is 9.47. The van der Waals surface area contributed by atoms with Crippen LogP contribution in [0, 0.1) is 11.3 Å². The topological polar surface area (TPSA) is 429 Å². The number of nitrogen functional groups attached to an aromatic ring is 1. The first-order valence-corrected chi connectivity index (χ1v) is 42.4. The second-order valence-electron chi connectivity index (χ2n) is 31.2. The molecule has 9 heterocycles. The number of nitrogens with two attached hydrogens (primary N) is 2. The van der Waals surface area contributed by atoms with E-state index in [2.05, 4.69) is 75.0 Å². The molecular weight excluding hydrogens is 1420 g/mol. The predicted molar refractivity (Wildman–Crippen MR) is 406 cm³/mol. The van der Waals surface area contributed by atoms with E-state index in [1.807, 2.05) is 87.1 Å². The maximum Gasteiger partial charge on any atom is 0.326 e. The number of primary amides is 1. The van der Waals surface area contributed by atoms with Gasteiger partial charge in [0, 0.05) is 114 Å². The van der Waals surface area contributed by atoms with Gasteiger partial charge in [0.25, 0.3) is 17.4 Å². The number of aromatic nitrogens is 5. The summed E-state index contributed by atoms with van der Waals surface area (Å²) in [6.07, 6.45) is 5.84. The lowest BCUT2D eigenvalue weighted by molar-refractivity contribution is -0.201. The van der Waals surface area contributed by atoms with Crippen molar-refractivity contribution in [2.45, 2.75) is 150 Å². The molecule has 0 radical (unpaired) electrons. The van der Waals surface area contributed by atoms with E-state index >= 15 is 4.79 Å². The average Bonchev–Trinajstić information content (AvgIpc) is 1.46. The number of aliphatic hydroxyl groups excluding tert-OH is 1. The van der Waals surface area contributed by atoms with Gasteiger partial charge in [0.1, 0.15) is 29.4 Å². The fourth-order valence-electron chi connectivity index (χ4n) is 19.8. The molecule has 4 fully saturated rings. The van der Waals surface area contributed by atoms with Crippen LogP contribution in [0.15, 0.2) is 108 Å². The fraction of sp³-hybridized carbons (Fsp3) is 0.461. The van der Waals surface area contributed by atoms with Crippen LogP contribution in [0.5, 0.6) is 5.75 Å². The Bertz CT molecular complexity index is 4890. The van der Waals surface area contributed by atoms with Gasteiger partial charge in [-0.2, -0.15) is 4.98 Å². The zero-order valence-corrected chi connectivity index (χ0v) is 63.7. The molecule has 2 bridgehead atoms. The average molecular weight is 1510 g/mol. The third-order valence-electron chi connectivity index (χ3n) is 24.5. The number of piperidine rings is 1. The fourth-order valence-corrected chi connectivity index (χ4v) is 29.2. The van der Waals surface area contributed by atoms with Crippen LogP contribution in [0.3, 0.4) is 0 Å². The molecule has 32 heteroatoms. The van der Waals surface area contributed by atoms with Crippen LogP contribution in [-0.2, 0) is 56.6 Å². The van der Waals surface area contributed by atoms with Gasteiger partial charge in [0.15, 0.2) is 25.1 Å². The quantitative estimate of drug-likeness (QED) is 0.0271. The van der Waals surface area contributed by atoms with Crippen molar-refractivity contribution >= 4 is 109 Å². The van der Waals surface area contributed by atoms with E-state index in [1.165, 1.54) is 30.3 Å². The molecule has 570 valence electrons. The third-order valence-corrected chi connectivity index (χ3v) is 32.5. The number of carbonyl (C=O) groups excluding carboxylic acids is 5. The van der Waals surface area contributed by atoms with Gasteiger partial charge < -0.3 is 86.4 Å². The number of carboxylic acids is 2. The minimum atomic E-state index is -3.04. The first kappa shape index (κ1) is 74.7. The van der Waals surface area contributed by atoms with E-state index in [9.17, 15) is 54.0 Å². The predicted octanol–water partition coefficient (Wildman–Crippen LogP) is 4.28. The third kappa shape index (κ3) is 12.4. The van der Waals surface area contributed by atoms with Crippen LogP contribution in [-0.4, -0.2) is 220 Å². The van der Waals surface area contributed by atoms with E-state index in [0.29, 0.717) is 105 Å². The molecular formula is C76H93N15O15Si2. The second kappa shape index (κ2) is 27.8. The molecule has 13 atom stereocenters. The van der Waals surface area contributed by atoms with Gasteiger partial charge in [0.2, 0.25) is 20.2 Å². The molecule has 4 aromatic carbocycles. The lowest BCUT2D eigenvalue weighted by Crippen LogP contribution is -2.81. The number of aromatic amines is 2. The molecule has 1 saturated carbocycles. The highest BCUT2D eigenvalue weighted by Crippen LogP contribution is 2.68. The first-order valence-electron chi connectivity index (χ1n) is 36.7. The zero-order valence-electron chi connectivity index (χ0n) is 61.7. The summed E-state index contributed by atoms with van der Waals surface area (Å²) < 4.78 is 19.6. The molecule has 1 aliphatic carbocycles. The van der Waals surface area contributed by atoms with Crippen molar-refractivity contribution in [3.05, 3.63) is 147 Å². The molecule has 4 unspecified atom stereocenters. The number of urea groups is 1. The Labute approximate surface area is 624 Å². The molecule has 3 aromatic heterocycles. The maximum absolute atomic E-state index is 15.9. The Hall–Kier alpha value is -10.1. The molecule has 1 spiro atoms. The normalized spacial score (nSPS) is 28.6. The van der Waals surface area contributed by atoms with E-state index in [4.69, 9.17) is 25.1 Å². The summed E-state index contributed by atoms with van der Waals surface area (Å²) in [6.45, 7) is 12.9. The summed E-state index contributed by atoms with van der Waals surface area (Å²) >= 11 is 0. The lowest BCUT2D eigenvalue weighted by Gasteiger charge is -2.63. The van der Waals surface area contributed by atoms with E-state index in [-0.39, 0.29) is 72.7 Å². The van der Waals surface area contributed by atoms with Gasteiger partial charge in [-0.05, 0) is 148 Å². The van der Waals surface area contributed by atoms with Gasteiger partial charge >= 0.3 is 23.9 Å².